The van der Waals surface area contributed by atoms with Crippen LogP contribution in [0.1, 0.15) is 18.1 Å². The molecule has 27 heavy (non-hydrogen) atoms. The summed E-state index contributed by atoms with van der Waals surface area (Å²) in [6, 6.07) is 11.1. The van der Waals surface area contributed by atoms with Gasteiger partial charge in [0.2, 0.25) is 10.0 Å². The van der Waals surface area contributed by atoms with Gasteiger partial charge in [0.15, 0.2) is 0 Å². The molecule has 2 aromatic rings. The maximum atomic E-state index is 13.3. The predicted molar refractivity (Wildman–Crippen MR) is 102 cm³/mol. The molecule has 4 rings (SSSR count). The summed E-state index contributed by atoms with van der Waals surface area (Å²) in [6.07, 6.45) is 2.03. The minimum absolute atomic E-state index is 0.0261. The first-order valence-electron chi connectivity index (χ1n) is 8.30. The molecule has 2 aliphatic heterocycles. The number of primary sulfonamides is 1. The van der Waals surface area contributed by atoms with Gasteiger partial charge in [-0.15, -0.1) is 0 Å². The van der Waals surface area contributed by atoms with E-state index in [0.29, 0.717) is 29.0 Å². The molecular weight excluding hydrogens is 388 g/mol. The van der Waals surface area contributed by atoms with E-state index in [1.807, 2.05) is 12.1 Å². The summed E-state index contributed by atoms with van der Waals surface area (Å²) >= 11 is 0. The molecule has 142 valence electrons. The average molecular weight is 406 g/mol. The molecule has 9 heteroatoms. The lowest BCUT2D eigenvalue weighted by Crippen LogP contribution is -2.38. The van der Waals surface area contributed by atoms with E-state index in [1.165, 1.54) is 22.5 Å². The van der Waals surface area contributed by atoms with Gasteiger partial charge in [0.05, 0.1) is 10.6 Å². The zero-order valence-electron chi connectivity index (χ0n) is 14.5. The molecule has 2 aromatic carbocycles. The van der Waals surface area contributed by atoms with Gasteiger partial charge in [-0.2, -0.15) is 0 Å². The summed E-state index contributed by atoms with van der Waals surface area (Å²) in [4.78, 5) is 0.137. The van der Waals surface area contributed by atoms with Crippen molar-refractivity contribution in [1.82, 2.24) is 0 Å². The van der Waals surface area contributed by atoms with Crippen LogP contribution in [-0.2, 0) is 26.5 Å². The van der Waals surface area contributed by atoms with E-state index < -0.39 is 20.0 Å². The van der Waals surface area contributed by atoms with Crippen molar-refractivity contribution in [2.24, 2.45) is 5.14 Å². The number of hydrogen-bond acceptors (Lipinski definition) is 5. The number of nitrogens with two attached hydrogens (primary N) is 1. The van der Waals surface area contributed by atoms with Crippen LogP contribution in [0.3, 0.4) is 0 Å². The molecule has 0 fully saturated rings. The monoisotopic (exact) mass is 406 g/mol. The molecule has 0 saturated carbocycles. The lowest BCUT2D eigenvalue weighted by molar-refractivity contribution is 0.353. The molecule has 0 saturated heterocycles. The number of anilines is 1. The minimum atomic E-state index is -3.85. The molecule has 2 N–H and O–H groups in total. The second-order valence-corrected chi connectivity index (χ2v) is 10.1. The molecule has 0 aliphatic carbocycles. The molecule has 0 spiro atoms. The zero-order chi connectivity index (χ0) is 19.4. The molecule has 2 heterocycles. The van der Waals surface area contributed by atoms with Gasteiger partial charge in [0.1, 0.15) is 17.3 Å². The SMILES string of the molecule is C[C@H]1Cc2cc(S(N)(=O)=O)ccc2N1S(=O)(=O)C1=Cc2ccccc2OC1. The van der Waals surface area contributed by atoms with E-state index >= 15 is 0 Å². The van der Waals surface area contributed by atoms with Gasteiger partial charge in [0, 0.05) is 11.6 Å². The first-order chi connectivity index (χ1) is 12.7. The van der Waals surface area contributed by atoms with Crippen molar-refractivity contribution in [3.05, 3.63) is 58.5 Å². The van der Waals surface area contributed by atoms with Gasteiger partial charge >= 0.3 is 0 Å². The number of para-hydroxylation sites is 1. The lowest BCUT2D eigenvalue weighted by Gasteiger charge is -2.27. The van der Waals surface area contributed by atoms with Crippen LogP contribution in [0, 0.1) is 0 Å². The Bertz CT molecular complexity index is 1170. The normalized spacial score (nSPS) is 19.1. The van der Waals surface area contributed by atoms with E-state index in [4.69, 9.17) is 9.88 Å². The number of rotatable bonds is 3. The van der Waals surface area contributed by atoms with Crippen molar-refractivity contribution in [3.63, 3.8) is 0 Å². The second kappa shape index (κ2) is 6.08. The highest BCUT2D eigenvalue weighted by molar-refractivity contribution is 7.96. The smallest absolute Gasteiger partial charge is 0.264 e. The average Bonchev–Trinajstić information content (AvgIpc) is 2.96. The Balaban J connectivity index is 1.78. The molecule has 1 atom stereocenters. The minimum Gasteiger partial charge on any atom is -0.487 e. The van der Waals surface area contributed by atoms with E-state index in [1.54, 1.807) is 25.1 Å². The summed E-state index contributed by atoms with van der Waals surface area (Å²) in [6.45, 7) is 1.74. The fourth-order valence-corrected chi connectivity index (χ4v) is 5.78. The van der Waals surface area contributed by atoms with Crippen LogP contribution in [0.2, 0.25) is 0 Å². The third-order valence-electron chi connectivity index (χ3n) is 4.73. The van der Waals surface area contributed by atoms with Gasteiger partial charge in [0.25, 0.3) is 10.0 Å². The Morgan fingerprint density at radius 1 is 1.11 bits per heavy atom. The molecule has 0 amide bonds. The van der Waals surface area contributed by atoms with Crippen LogP contribution >= 0.6 is 0 Å². The largest absolute Gasteiger partial charge is 0.487 e. The zero-order valence-corrected chi connectivity index (χ0v) is 16.1. The molecule has 0 bridgehead atoms. The summed E-state index contributed by atoms with van der Waals surface area (Å²) in [7, 11) is -7.67. The molecular formula is C18H18N2O5S2. The van der Waals surface area contributed by atoms with Crippen LogP contribution in [0.4, 0.5) is 5.69 Å². The fourth-order valence-electron chi connectivity index (χ4n) is 3.49. The standard InChI is InChI=1S/C18H18N2O5S2/c1-12-8-14-10-15(26(19,21)22)6-7-17(14)20(12)27(23,24)16-9-13-4-2-3-5-18(13)25-11-16/h2-7,9-10,12H,8,11H2,1H3,(H2,19,21,22)/t12-/m0/s1. The maximum Gasteiger partial charge on any atom is 0.264 e. The van der Waals surface area contributed by atoms with Crippen molar-refractivity contribution in [1.29, 1.82) is 0 Å². The molecule has 0 radical (unpaired) electrons. The molecule has 0 aromatic heterocycles. The number of hydrogen-bond donors (Lipinski definition) is 1. The van der Waals surface area contributed by atoms with Crippen LogP contribution in [-0.4, -0.2) is 29.5 Å². The fraction of sp³-hybridized carbons (Fsp3) is 0.222. The Morgan fingerprint density at radius 2 is 1.85 bits per heavy atom. The topological polar surface area (TPSA) is 107 Å². The lowest BCUT2D eigenvalue weighted by atomic mass is 10.1. The van der Waals surface area contributed by atoms with Crippen molar-refractivity contribution in [2.45, 2.75) is 24.3 Å². The van der Waals surface area contributed by atoms with E-state index in [-0.39, 0.29) is 22.4 Å². The number of benzene rings is 2. The van der Waals surface area contributed by atoms with Gasteiger partial charge in [-0.3, -0.25) is 4.31 Å². The number of fused-ring (bicyclic) bond motifs is 2. The first kappa shape index (κ1) is 18.0. The second-order valence-electron chi connectivity index (χ2n) is 6.63. The Morgan fingerprint density at radius 3 is 2.59 bits per heavy atom. The first-order valence-corrected chi connectivity index (χ1v) is 11.3. The Labute approximate surface area is 158 Å². The van der Waals surface area contributed by atoms with Crippen molar-refractivity contribution < 1.29 is 21.6 Å². The third-order valence-corrected chi connectivity index (χ3v) is 7.61. The van der Waals surface area contributed by atoms with Crippen LogP contribution in [0.25, 0.3) is 6.08 Å². The van der Waals surface area contributed by atoms with Crippen molar-refractivity contribution >= 4 is 31.8 Å². The Kier molecular flexibility index (Phi) is 4.06. The quantitative estimate of drug-likeness (QED) is 0.837. The van der Waals surface area contributed by atoms with Crippen molar-refractivity contribution in [3.8, 4) is 5.75 Å². The molecule has 0 unspecified atom stereocenters. The number of ether oxygens (including phenoxy) is 1. The highest BCUT2D eigenvalue weighted by Crippen LogP contribution is 2.39. The van der Waals surface area contributed by atoms with Gasteiger partial charge < -0.3 is 4.74 Å². The van der Waals surface area contributed by atoms with Crippen LogP contribution < -0.4 is 14.2 Å². The van der Waals surface area contributed by atoms with Gasteiger partial charge in [-0.1, -0.05) is 18.2 Å². The van der Waals surface area contributed by atoms with Gasteiger partial charge in [-0.25, -0.2) is 22.0 Å². The summed E-state index contributed by atoms with van der Waals surface area (Å²) in [5, 5.41) is 5.18. The summed E-state index contributed by atoms with van der Waals surface area (Å²) in [5.74, 6) is 0.643. The van der Waals surface area contributed by atoms with Crippen LogP contribution in [0.5, 0.6) is 5.75 Å². The molecule has 2 aliphatic rings. The van der Waals surface area contributed by atoms with E-state index in [2.05, 4.69) is 0 Å². The summed E-state index contributed by atoms with van der Waals surface area (Å²) in [5.41, 5.74) is 1.81. The number of sulfonamides is 2. The summed E-state index contributed by atoms with van der Waals surface area (Å²) < 4.78 is 56.7. The maximum absolute atomic E-state index is 13.3. The van der Waals surface area contributed by atoms with E-state index in [0.717, 1.165) is 0 Å². The van der Waals surface area contributed by atoms with Gasteiger partial charge in [-0.05, 0) is 49.2 Å². The predicted octanol–water partition coefficient (Wildman–Crippen LogP) is 1.85. The van der Waals surface area contributed by atoms with Crippen LogP contribution in [0.15, 0.2) is 52.3 Å². The third kappa shape index (κ3) is 3.01. The highest BCUT2D eigenvalue weighted by Gasteiger charge is 2.38. The van der Waals surface area contributed by atoms with Crippen molar-refractivity contribution in [2.75, 3.05) is 10.9 Å². The molecule has 7 nitrogen and oxygen atoms in total. The number of nitrogens with zero attached hydrogens (tertiary/aromatic N) is 1. The highest BCUT2D eigenvalue weighted by atomic mass is 32.2. The van der Waals surface area contributed by atoms with E-state index in [9.17, 15) is 16.8 Å². The Hall–Kier alpha value is -2.36.